The molecule has 0 spiro atoms. The third-order valence-corrected chi connectivity index (χ3v) is 6.60. The first kappa shape index (κ1) is 28.3. The van der Waals surface area contributed by atoms with E-state index in [0.717, 1.165) is 16.8 Å². The molecule has 10 heteroatoms. The van der Waals surface area contributed by atoms with Gasteiger partial charge in [0.1, 0.15) is 11.5 Å². The monoisotopic (exact) mass is 527 g/mol. The summed E-state index contributed by atoms with van der Waals surface area (Å²) in [6.45, 7) is 3.99. The molecular formula is C27H34ClN5O4. The predicted molar refractivity (Wildman–Crippen MR) is 143 cm³/mol. The van der Waals surface area contributed by atoms with Crippen LogP contribution >= 0.6 is 12.4 Å². The van der Waals surface area contributed by atoms with Gasteiger partial charge in [0, 0.05) is 19.5 Å². The minimum absolute atomic E-state index is 0. The Morgan fingerprint density at radius 3 is 2.38 bits per heavy atom. The molecule has 4 rings (SSSR count). The molecule has 37 heavy (non-hydrogen) atoms. The lowest BCUT2D eigenvalue weighted by atomic mass is 9.73. The maximum Gasteiger partial charge on any atom is 0.254 e. The van der Waals surface area contributed by atoms with Crippen LogP contribution in [0.3, 0.4) is 0 Å². The SMILES string of the molecule is CC(C)(N)C(=O)N[C@H](COCc1ccccc1)C(=O)N1CCC2=NNC(=O)C2(Cc2ccccc2)C1.Cl. The Labute approximate surface area is 223 Å². The summed E-state index contributed by atoms with van der Waals surface area (Å²) in [5, 5.41) is 7.04. The van der Waals surface area contributed by atoms with Crippen molar-refractivity contribution < 1.29 is 19.1 Å². The molecule has 2 atom stereocenters. The summed E-state index contributed by atoms with van der Waals surface area (Å²) in [4.78, 5) is 41.1. The lowest BCUT2D eigenvalue weighted by molar-refractivity contribution is -0.142. The standard InChI is InChI=1S/C27H33N5O4.ClH/c1-26(2,28)24(34)29-21(17-36-16-20-11-7-4-8-12-20)23(33)32-14-13-22-27(18-32,25(35)31-30-22)15-19-9-5-3-6-10-19;/h3-12,21H,13-18,28H2,1-2H3,(H,29,34)(H,31,35);1H/t21-,27?;/m1./s1. The minimum Gasteiger partial charge on any atom is -0.374 e. The number of ether oxygens (including phenoxy) is 1. The Balaban J connectivity index is 0.00000380. The van der Waals surface area contributed by atoms with Crippen molar-refractivity contribution >= 4 is 35.8 Å². The zero-order chi connectivity index (χ0) is 25.8. The van der Waals surface area contributed by atoms with E-state index in [-0.39, 0.29) is 37.4 Å². The van der Waals surface area contributed by atoms with Crippen LogP contribution in [0, 0.1) is 5.41 Å². The number of likely N-dealkylation sites (tertiary alicyclic amines) is 1. The van der Waals surface area contributed by atoms with E-state index in [1.165, 1.54) is 0 Å². The van der Waals surface area contributed by atoms with Crippen molar-refractivity contribution in [2.24, 2.45) is 16.3 Å². The summed E-state index contributed by atoms with van der Waals surface area (Å²) >= 11 is 0. The summed E-state index contributed by atoms with van der Waals surface area (Å²) in [6.07, 6.45) is 0.894. The van der Waals surface area contributed by atoms with Crippen LogP contribution in [-0.4, -0.2) is 59.6 Å². The highest BCUT2D eigenvalue weighted by molar-refractivity contribution is 6.13. The zero-order valence-electron chi connectivity index (χ0n) is 21.1. The number of nitrogens with two attached hydrogens (primary N) is 1. The number of halogens is 1. The average Bonchev–Trinajstić information content (AvgIpc) is 3.18. The van der Waals surface area contributed by atoms with Crippen molar-refractivity contribution in [3.8, 4) is 0 Å². The molecular weight excluding hydrogens is 494 g/mol. The number of hydrazone groups is 1. The molecule has 2 heterocycles. The molecule has 2 aromatic rings. The normalized spacial score (nSPS) is 19.7. The molecule has 4 N–H and O–H groups in total. The van der Waals surface area contributed by atoms with Gasteiger partial charge in [-0.1, -0.05) is 60.7 Å². The van der Waals surface area contributed by atoms with Crippen LogP contribution in [0.15, 0.2) is 65.8 Å². The van der Waals surface area contributed by atoms with Gasteiger partial charge in [0.15, 0.2) is 0 Å². The highest BCUT2D eigenvalue weighted by Crippen LogP contribution is 2.35. The molecule has 0 aliphatic carbocycles. The molecule has 1 saturated heterocycles. The quantitative estimate of drug-likeness (QED) is 0.458. The van der Waals surface area contributed by atoms with Gasteiger partial charge < -0.3 is 20.7 Å². The van der Waals surface area contributed by atoms with E-state index in [4.69, 9.17) is 10.5 Å². The smallest absolute Gasteiger partial charge is 0.254 e. The van der Waals surface area contributed by atoms with Gasteiger partial charge in [-0.2, -0.15) is 5.10 Å². The molecule has 0 saturated carbocycles. The Kier molecular flexibility index (Phi) is 9.07. The molecule has 3 amide bonds. The summed E-state index contributed by atoms with van der Waals surface area (Å²) in [5.74, 6) is -0.990. The van der Waals surface area contributed by atoms with Gasteiger partial charge in [-0.25, -0.2) is 5.43 Å². The van der Waals surface area contributed by atoms with Gasteiger partial charge in [0.2, 0.25) is 11.8 Å². The van der Waals surface area contributed by atoms with Crippen LogP contribution < -0.4 is 16.5 Å². The molecule has 9 nitrogen and oxygen atoms in total. The topological polar surface area (TPSA) is 126 Å². The first-order valence-electron chi connectivity index (χ1n) is 12.1. The highest BCUT2D eigenvalue weighted by atomic mass is 35.5. The fourth-order valence-electron chi connectivity index (χ4n) is 4.55. The van der Waals surface area contributed by atoms with Gasteiger partial charge >= 0.3 is 0 Å². The van der Waals surface area contributed by atoms with Gasteiger partial charge in [0.05, 0.1) is 24.5 Å². The number of hydrogen-bond donors (Lipinski definition) is 3. The maximum atomic E-state index is 13.7. The van der Waals surface area contributed by atoms with Crippen molar-refractivity contribution in [3.05, 3.63) is 71.8 Å². The second kappa shape index (κ2) is 11.9. The number of carbonyl (C=O) groups is 3. The Morgan fingerprint density at radius 1 is 1.14 bits per heavy atom. The minimum atomic E-state index is -1.17. The molecule has 1 unspecified atom stereocenters. The largest absolute Gasteiger partial charge is 0.374 e. The fourth-order valence-corrected chi connectivity index (χ4v) is 4.55. The zero-order valence-corrected chi connectivity index (χ0v) is 21.9. The molecule has 1 fully saturated rings. The van der Waals surface area contributed by atoms with E-state index in [1.54, 1.807) is 18.7 Å². The van der Waals surface area contributed by atoms with E-state index < -0.39 is 22.9 Å². The Morgan fingerprint density at radius 2 is 1.76 bits per heavy atom. The number of hydrogen-bond acceptors (Lipinski definition) is 6. The first-order valence-corrected chi connectivity index (χ1v) is 12.1. The molecule has 2 aliphatic rings. The van der Waals surface area contributed by atoms with Crippen molar-refractivity contribution in [2.45, 2.75) is 44.9 Å². The van der Waals surface area contributed by atoms with Crippen LogP contribution in [-0.2, 0) is 32.1 Å². The number of piperidine rings is 1. The number of rotatable bonds is 9. The van der Waals surface area contributed by atoms with Crippen LogP contribution in [0.4, 0.5) is 0 Å². The fraction of sp³-hybridized carbons (Fsp3) is 0.407. The van der Waals surface area contributed by atoms with Crippen molar-refractivity contribution in [1.29, 1.82) is 0 Å². The van der Waals surface area contributed by atoms with Crippen molar-refractivity contribution in [3.63, 3.8) is 0 Å². The van der Waals surface area contributed by atoms with Gasteiger partial charge in [-0.15, -0.1) is 12.4 Å². The van der Waals surface area contributed by atoms with Crippen LogP contribution in [0.25, 0.3) is 0 Å². The molecule has 0 bridgehead atoms. The van der Waals surface area contributed by atoms with Crippen LogP contribution in [0.1, 0.15) is 31.4 Å². The van der Waals surface area contributed by atoms with E-state index >= 15 is 0 Å². The Bertz CT molecular complexity index is 1140. The summed E-state index contributed by atoms with van der Waals surface area (Å²) in [5.41, 5.74) is 9.17. The molecule has 2 aliphatic heterocycles. The summed E-state index contributed by atoms with van der Waals surface area (Å²) < 4.78 is 5.83. The molecule has 0 radical (unpaired) electrons. The number of carbonyl (C=O) groups excluding carboxylic acids is 3. The van der Waals surface area contributed by atoms with Gasteiger partial charge in [-0.3, -0.25) is 14.4 Å². The van der Waals surface area contributed by atoms with Gasteiger partial charge in [-0.05, 0) is 31.4 Å². The second-order valence-electron chi connectivity index (χ2n) is 10.0. The van der Waals surface area contributed by atoms with E-state index in [9.17, 15) is 14.4 Å². The maximum absolute atomic E-state index is 13.7. The van der Waals surface area contributed by atoms with E-state index in [0.29, 0.717) is 26.0 Å². The third kappa shape index (κ3) is 6.54. The summed E-state index contributed by atoms with van der Waals surface area (Å²) in [7, 11) is 0. The van der Waals surface area contributed by atoms with Crippen molar-refractivity contribution in [1.82, 2.24) is 15.6 Å². The lowest BCUT2D eigenvalue weighted by Gasteiger charge is -2.40. The van der Waals surface area contributed by atoms with Crippen LogP contribution in [0.5, 0.6) is 0 Å². The number of nitrogens with zero attached hydrogens (tertiary/aromatic N) is 2. The lowest BCUT2D eigenvalue weighted by Crippen LogP contribution is -2.61. The van der Waals surface area contributed by atoms with Gasteiger partial charge in [0.25, 0.3) is 5.91 Å². The number of nitrogens with one attached hydrogen (secondary N) is 2. The number of benzene rings is 2. The third-order valence-electron chi connectivity index (χ3n) is 6.60. The van der Waals surface area contributed by atoms with E-state index in [1.807, 2.05) is 60.7 Å². The predicted octanol–water partition coefficient (Wildman–Crippen LogP) is 1.79. The summed E-state index contributed by atoms with van der Waals surface area (Å²) in [6, 6.07) is 18.3. The molecule has 0 aromatic heterocycles. The number of amides is 3. The highest BCUT2D eigenvalue weighted by Gasteiger charge is 2.52. The van der Waals surface area contributed by atoms with E-state index in [2.05, 4.69) is 15.8 Å². The van der Waals surface area contributed by atoms with Crippen LogP contribution in [0.2, 0.25) is 0 Å². The first-order chi connectivity index (χ1) is 17.2. The number of fused-ring (bicyclic) bond motifs is 1. The van der Waals surface area contributed by atoms with Crippen molar-refractivity contribution in [2.75, 3.05) is 19.7 Å². The average molecular weight is 528 g/mol. The second-order valence-corrected chi connectivity index (χ2v) is 10.0. The Hall–Kier alpha value is -3.27. The molecule has 2 aromatic carbocycles. The molecule has 198 valence electrons.